The van der Waals surface area contributed by atoms with Gasteiger partial charge in [0.05, 0.1) is 18.3 Å². The van der Waals surface area contributed by atoms with Gasteiger partial charge >= 0.3 is 0 Å². The summed E-state index contributed by atoms with van der Waals surface area (Å²) in [5, 5.41) is 8.68. The molecule has 0 saturated carbocycles. The zero-order valence-electron chi connectivity index (χ0n) is 8.16. The average Bonchev–Trinajstić information content (AvgIpc) is 2.19. The Hall–Kier alpha value is -1.69. The maximum absolute atomic E-state index is 8.68. The van der Waals surface area contributed by atoms with Crippen molar-refractivity contribution in [1.82, 2.24) is 0 Å². The Morgan fingerprint density at radius 2 is 2.43 bits per heavy atom. The molecule has 0 aliphatic carbocycles. The maximum atomic E-state index is 8.68. The summed E-state index contributed by atoms with van der Waals surface area (Å²) in [6.45, 7) is 3.93. The van der Waals surface area contributed by atoms with Crippen LogP contribution in [0.5, 0.6) is 5.75 Å². The number of nitrogens with zero attached hydrogens (tertiary/aromatic N) is 2. The molecule has 1 heterocycles. The van der Waals surface area contributed by atoms with Gasteiger partial charge in [-0.05, 0) is 24.6 Å². The molecule has 0 N–H and O–H groups in total. The van der Waals surface area contributed by atoms with Crippen LogP contribution in [0.1, 0.15) is 5.56 Å². The molecular formula is C11H12N2O. The van der Waals surface area contributed by atoms with Gasteiger partial charge in [0.15, 0.2) is 0 Å². The Labute approximate surface area is 83.5 Å². The number of hydrogen-bond acceptors (Lipinski definition) is 3. The zero-order chi connectivity index (χ0) is 9.97. The molecule has 2 rings (SSSR count). The van der Waals surface area contributed by atoms with Crippen LogP contribution in [-0.2, 0) is 0 Å². The van der Waals surface area contributed by atoms with E-state index < -0.39 is 0 Å². The van der Waals surface area contributed by atoms with Crippen molar-refractivity contribution in [2.45, 2.75) is 6.92 Å². The monoisotopic (exact) mass is 188 g/mol. The third-order valence-electron chi connectivity index (χ3n) is 2.34. The van der Waals surface area contributed by atoms with Crippen LogP contribution in [0, 0.1) is 18.3 Å². The Morgan fingerprint density at radius 3 is 3.21 bits per heavy atom. The van der Waals surface area contributed by atoms with Crippen molar-refractivity contribution < 1.29 is 4.74 Å². The van der Waals surface area contributed by atoms with Crippen LogP contribution >= 0.6 is 0 Å². The lowest BCUT2D eigenvalue weighted by atomic mass is 10.1. The largest absolute Gasteiger partial charge is 0.490 e. The van der Waals surface area contributed by atoms with Crippen molar-refractivity contribution in [2.24, 2.45) is 0 Å². The standard InChI is InChI=1S/C11H12N2O/c1-9-2-3-11-10(8-9)13(5-4-12)6-7-14-11/h2-3,8H,5-7H2,1H3. The second-order valence-corrected chi connectivity index (χ2v) is 3.40. The molecule has 0 atom stereocenters. The minimum absolute atomic E-state index is 0.430. The first-order valence-corrected chi connectivity index (χ1v) is 4.66. The van der Waals surface area contributed by atoms with Gasteiger partial charge in [0.2, 0.25) is 0 Å². The fraction of sp³-hybridized carbons (Fsp3) is 0.364. The van der Waals surface area contributed by atoms with Gasteiger partial charge in [-0.15, -0.1) is 0 Å². The molecule has 14 heavy (non-hydrogen) atoms. The Morgan fingerprint density at radius 1 is 1.57 bits per heavy atom. The highest BCUT2D eigenvalue weighted by atomic mass is 16.5. The molecule has 0 radical (unpaired) electrons. The first-order chi connectivity index (χ1) is 6.81. The molecule has 1 aromatic rings. The highest BCUT2D eigenvalue weighted by Gasteiger charge is 2.17. The molecule has 72 valence electrons. The van der Waals surface area contributed by atoms with Crippen LogP contribution in [-0.4, -0.2) is 19.7 Å². The van der Waals surface area contributed by atoms with Crippen LogP contribution in [0.3, 0.4) is 0 Å². The molecule has 1 aliphatic rings. The first-order valence-electron chi connectivity index (χ1n) is 4.66. The van der Waals surface area contributed by atoms with E-state index in [1.807, 2.05) is 24.0 Å². The third-order valence-corrected chi connectivity index (χ3v) is 2.34. The van der Waals surface area contributed by atoms with E-state index in [-0.39, 0.29) is 0 Å². The van der Waals surface area contributed by atoms with Gasteiger partial charge in [-0.25, -0.2) is 0 Å². The molecule has 1 aliphatic heterocycles. The smallest absolute Gasteiger partial charge is 0.142 e. The summed E-state index contributed by atoms with van der Waals surface area (Å²) in [5.41, 5.74) is 2.23. The molecule has 0 unspecified atom stereocenters. The quantitative estimate of drug-likeness (QED) is 0.629. The van der Waals surface area contributed by atoms with E-state index in [1.165, 1.54) is 5.56 Å². The molecule has 0 saturated heterocycles. The lowest BCUT2D eigenvalue weighted by Gasteiger charge is -2.29. The summed E-state index contributed by atoms with van der Waals surface area (Å²) in [6.07, 6.45) is 0. The fourth-order valence-electron chi connectivity index (χ4n) is 1.63. The highest BCUT2D eigenvalue weighted by Crippen LogP contribution is 2.31. The number of ether oxygens (including phenoxy) is 1. The molecular weight excluding hydrogens is 176 g/mol. The number of fused-ring (bicyclic) bond motifs is 1. The predicted molar refractivity (Wildman–Crippen MR) is 54.5 cm³/mol. The summed E-state index contributed by atoms with van der Waals surface area (Å²) < 4.78 is 5.50. The normalized spacial score (nSPS) is 14.1. The molecule has 0 amide bonds. The first kappa shape index (κ1) is 8.89. The number of aryl methyl sites for hydroxylation is 1. The van der Waals surface area contributed by atoms with E-state index in [4.69, 9.17) is 10.00 Å². The summed E-state index contributed by atoms with van der Waals surface area (Å²) in [6, 6.07) is 8.22. The third kappa shape index (κ3) is 1.51. The van der Waals surface area contributed by atoms with Gasteiger partial charge < -0.3 is 9.64 Å². The molecule has 3 heteroatoms. The van der Waals surface area contributed by atoms with Crippen molar-refractivity contribution in [3.63, 3.8) is 0 Å². The van der Waals surface area contributed by atoms with Gasteiger partial charge in [-0.1, -0.05) is 6.07 Å². The van der Waals surface area contributed by atoms with Crippen molar-refractivity contribution in [3.05, 3.63) is 23.8 Å². The summed E-state index contributed by atoms with van der Waals surface area (Å²) >= 11 is 0. The van der Waals surface area contributed by atoms with E-state index in [2.05, 4.69) is 12.1 Å². The van der Waals surface area contributed by atoms with E-state index in [0.29, 0.717) is 13.2 Å². The topological polar surface area (TPSA) is 36.3 Å². The molecule has 0 bridgehead atoms. The maximum Gasteiger partial charge on any atom is 0.142 e. The number of benzene rings is 1. The number of rotatable bonds is 1. The van der Waals surface area contributed by atoms with Crippen molar-refractivity contribution in [1.29, 1.82) is 5.26 Å². The van der Waals surface area contributed by atoms with E-state index in [0.717, 1.165) is 18.0 Å². The van der Waals surface area contributed by atoms with Crippen LogP contribution in [0.2, 0.25) is 0 Å². The molecule has 1 aromatic carbocycles. The van der Waals surface area contributed by atoms with Gasteiger partial charge in [0, 0.05) is 0 Å². The Balaban J connectivity index is 2.37. The molecule has 0 spiro atoms. The SMILES string of the molecule is Cc1ccc2c(c1)N(CC#N)CCO2. The van der Waals surface area contributed by atoms with Crippen LogP contribution in [0.4, 0.5) is 5.69 Å². The van der Waals surface area contributed by atoms with Crippen molar-refractivity contribution >= 4 is 5.69 Å². The number of hydrogen-bond donors (Lipinski definition) is 0. The highest BCUT2D eigenvalue weighted by molar-refractivity contribution is 5.61. The molecule has 0 aromatic heterocycles. The second kappa shape index (κ2) is 3.59. The second-order valence-electron chi connectivity index (χ2n) is 3.40. The average molecular weight is 188 g/mol. The molecule has 3 nitrogen and oxygen atoms in total. The van der Waals surface area contributed by atoms with E-state index in [9.17, 15) is 0 Å². The van der Waals surface area contributed by atoms with Crippen molar-refractivity contribution in [3.8, 4) is 11.8 Å². The Kier molecular flexibility index (Phi) is 2.28. The predicted octanol–water partition coefficient (Wildman–Crippen LogP) is 1.72. The van der Waals surface area contributed by atoms with Gasteiger partial charge in [-0.3, -0.25) is 0 Å². The van der Waals surface area contributed by atoms with Crippen LogP contribution in [0.15, 0.2) is 18.2 Å². The van der Waals surface area contributed by atoms with Gasteiger partial charge in [0.1, 0.15) is 18.9 Å². The molecule has 0 fully saturated rings. The minimum atomic E-state index is 0.430. The van der Waals surface area contributed by atoms with Gasteiger partial charge in [-0.2, -0.15) is 5.26 Å². The Bertz CT molecular complexity index is 381. The van der Waals surface area contributed by atoms with E-state index >= 15 is 0 Å². The number of nitriles is 1. The number of anilines is 1. The lowest BCUT2D eigenvalue weighted by Crippen LogP contribution is -2.32. The minimum Gasteiger partial charge on any atom is -0.490 e. The zero-order valence-corrected chi connectivity index (χ0v) is 8.16. The summed E-state index contributed by atoms with van der Waals surface area (Å²) in [4.78, 5) is 2.05. The van der Waals surface area contributed by atoms with E-state index in [1.54, 1.807) is 0 Å². The van der Waals surface area contributed by atoms with Crippen LogP contribution in [0.25, 0.3) is 0 Å². The summed E-state index contributed by atoms with van der Waals surface area (Å²) in [5.74, 6) is 0.886. The van der Waals surface area contributed by atoms with Crippen LogP contribution < -0.4 is 9.64 Å². The summed E-state index contributed by atoms with van der Waals surface area (Å²) in [7, 11) is 0. The van der Waals surface area contributed by atoms with Crippen molar-refractivity contribution in [2.75, 3.05) is 24.6 Å². The van der Waals surface area contributed by atoms with Gasteiger partial charge in [0.25, 0.3) is 0 Å². The fourth-order valence-corrected chi connectivity index (χ4v) is 1.63. The lowest BCUT2D eigenvalue weighted by molar-refractivity contribution is 0.309.